The molecule has 1 N–H and O–H groups in total. The van der Waals surface area contributed by atoms with E-state index in [1.54, 1.807) is 0 Å². The molecule has 0 amide bonds. The van der Waals surface area contributed by atoms with Crippen molar-refractivity contribution in [3.63, 3.8) is 0 Å². The fraction of sp³-hybridized carbons (Fsp3) is 0.333. The zero-order valence-electron chi connectivity index (χ0n) is 12.9. The van der Waals surface area contributed by atoms with Gasteiger partial charge in [0.1, 0.15) is 0 Å². The number of hydrazine groups is 1. The maximum absolute atomic E-state index is 3.16. The molecule has 0 atom stereocenters. The molecule has 2 nitrogen and oxygen atoms in total. The van der Waals surface area contributed by atoms with Crippen LogP contribution in [0, 0.1) is 0 Å². The zero-order valence-corrected chi connectivity index (χ0v) is 12.9. The number of benzene rings is 2. The molecular formula is C18H24N2. The second kappa shape index (κ2) is 6.21. The van der Waals surface area contributed by atoms with Gasteiger partial charge in [-0.15, -0.1) is 0 Å². The van der Waals surface area contributed by atoms with Gasteiger partial charge in [-0.25, -0.2) is 5.01 Å². The van der Waals surface area contributed by atoms with Crippen molar-refractivity contribution in [1.29, 1.82) is 0 Å². The topological polar surface area (TPSA) is 15.3 Å². The van der Waals surface area contributed by atoms with E-state index in [0.717, 1.165) is 6.54 Å². The molecule has 0 fully saturated rings. The van der Waals surface area contributed by atoms with Gasteiger partial charge in [0, 0.05) is 19.0 Å². The molecule has 0 aromatic heterocycles. The molecule has 0 heterocycles. The summed E-state index contributed by atoms with van der Waals surface area (Å²) in [6.07, 6.45) is 0. The molecule has 2 aromatic rings. The first-order valence-electron chi connectivity index (χ1n) is 7.07. The van der Waals surface area contributed by atoms with Gasteiger partial charge in [-0.3, -0.25) is 5.43 Å². The lowest BCUT2D eigenvalue weighted by molar-refractivity contribution is 0.211. The Labute approximate surface area is 122 Å². The number of nitrogens with zero attached hydrogens (tertiary/aromatic N) is 1. The molecule has 0 bridgehead atoms. The maximum Gasteiger partial charge on any atom is 0.0219 e. The van der Waals surface area contributed by atoms with Crippen LogP contribution in [0.4, 0.5) is 0 Å². The Bertz CT molecular complexity index is 529. The van der Waals surface area contributed by atoms with Crippen LogP contribution in [-0.2, 0) is 5.41 Å². The summed E-state index contributed by atoms with van der Waals surface area (Å²) < 4.78 is 0. The number of hydrogen-bond acceptors (Lipinski definition) is 2. The molecule has 0 saturated heterocycles. The van der Waals surface area contributed by atoms with E-state index in [4.69, 9.17) is 0 Å². The normalized spacial score (nSPS) is 11.8. The zero-order chi connectivity index (χ0) is 14.6. The fourth-order valence-electron chi connectivity index (χ4n) is 2.51. The van der Waals surface area contributed by atoms with Crippen molar-refractivity contribution in [3.8, 4) is 11.1 Å². The first-order valence-corrected chi connectivity index (χ1v) is 7.07. The van der Waals surface area contributed by atoms with Crippen molar-refractivity contribution in [3.05, 3.63) is 60.2 Å². The minimum absolute atomic E-state index is 0.118. The summed E-state index contributed by atoms with van der Waals surface area (Å²) in [5.41, 5.74) is 7.18. The molecule has 2 heteroatoms. The predicted molar refractivity (Wildman–Crippen MR) is 86.6 cm³/mol. The number of nitrogens with one attached hydrogen (secondary N) is 1. The molecule has 2 rings (SSSR count). The average Bonchev–Trinajstić information content (AvgIpc) is 2.48. The molecule has 0 aliphatic carbocycles. The van der Waals surface area contributed by atoms with Crippen LogP contribution < -0.4 is 5.43 Å². The molecule has 0 saturated carbocycles. The lowest BCUT2D eigenvalue weighted by atomic mass is 9.83. The van der Waals surface area contributed by atoms with Gasteiger partial charge in [-0.1, -0.05) is 68.4 Å². The Morgan fingerprint density at radius 3 is 2.00 bits per heavy atom. The standard InChI is InChI=1S/C18H24N2/c1-18(2,14-20(4)19-3)17-12-10-16(11-13-17)15-8-6-5-7-9-15/h5-13,19H,14H2,1-4H3. The fourth-order valence-corrected chi connectivity index (χ4v) is 2.51. The van der Waals surface area contributed by atoms with E-state index in [1.165, 1.54) is 16.7 Å². The van der Waals surface area contributed by atoms with Crippen LogP contribution in [0.1, 0.15) is 19.4 Å². The lowest BCUT2D eigenvalue weighted by Gasteiger charge is -2.30. The summed E-state index contributed by atoms with van der Waals surface area (Å²) in [5, 5.41) is 2.12. The van der Waals surface area contributed by atoms with Crippen molar-refractivity contribution >= 4 is 0 Å². The van der Waals surface area contributed by atoms with E-state index in [9.17, 15) is 0 Å². The summed E-state index contributed by atoms with van der Waals surface area (Å²) in [6, 6.07) is 19.4. The molecule has 2 aromatic carbocycles. The molecule has 20 heavy (non-hydrogen) atoms. The summed E-state index contributed by atoms with van der Waals surface area (Å²) in [6.45, 7) is 5.52. The van der Waals surface area contributed by atoms with E-state index in [2.05, 4.69) is 85.9 Å². The predicted octanol–water partition coefficient (Wildman–Crippen LogP) is 3.70. The van der Waals surface area contributed by atoms with Crippen LogP contribution in [0.5, 0.6) is 0 Å². The van der Waals surface area contributed by atoms with Crippen LogP contribution in [0.25, 0.3) is 11.1 Å². The van der Waals surface area contributed by atoms with Crippen LogP contribution in [0.15, 0.2) is 54.6 Å². The highest BCUT2D eigenvalue weighted by Gasteiger charge is 2.22. The highest BCUT2D eigenvalue weighted by molar-refractivity contribution is 5.63. The van der Waals surface area contributed by atoms with E-state index < -0.39 is 0 Å². The number of rotatable bonds is 5. The van der Waals surface area contributed by atoms with E-state index in [-0.39, 0.29) is 5.41 Å². The van der Waals surface area contributed by atoms with Crippen molar-refractivity contribution in [2.75, 3.05) is 20.6 Å². The Morgan fingerprint density at radius 1 is 0.900 bits per heavy atom. The molecule has 106 valence electrons. The number of hydrogen-bond donors (Lipinski definition) is 1. The smallest absolute Gasteiger partial charge is 0.0219 e. The van der Waals surface area contributed by atoms with E-state index in [1.807, 2.05) is 7.05 Å². The van der Waals surface area contributed by atoms with Gasteiger partial charge >= 0.3 is 0 Å². The number of likely N-dealkylation sites (N-methyl/N-ethyl adjacent to an activating group) is 1. The monoisotopic (exact) mass is 268 g/mol. The quantitative estimate of drug-likeness (QED) is 0.832. The molecule has 0 spiro atoms. The Kier molecular flexibility index (Phi) is 4.58. The minimum atomic E-state index is 0.118. The SMILES string of the molecule is CNN(C)CC(C)(C)c1ccc(-c2ccccc2)cc1. The Morgan fingerprint density at radius 2 is 1.45 bits per heavy atom. The highest BCUT2D eigenvalue weighted by Crippen LogP contribution is 2.27. The van der Waals surface area contributed by atoms with Gasteiger partial charge in [-0.2, -0.15) is 0 Å². The maximum atomic E-state index is 3.16. The molecule has 0 aliphatic rings. The molecular weight excluding hydrogens is 244 g/mol. The van der Waals surface area contributed by atoms with Crippen LogP contribution >= 0.6 is 0 Å². The third-order valence-electron chi connectivity index (χ3n) is 3.79. The van der Waals surface area contributed by atoms with Crippen molar-refractivity contribution < 1.29 is 0 Å². The summed E-state index contributed by atoms with van der Waals surface area (Å²) >= 11 is 0. The second-order valence-corrected chi connectivity index (χ2v) is 5.91. The van der Waals surface area contributed by atoms with Crippen molar-refractivity contribution in [2.24, 2.45) is 0 Å². The molecule has 0 unspecified atom stereocenters. The second-order valence-electron chi connectivity index (χ2n) is 5.91. The molecule has 0 radical (unpaired) electrons. The highest BCUT2D eigenvalue weighted by atomic mass is 15.5. The Balaban J connectivity index is 2.20. The summed E-state index contributed by atoms with van der Waals surface area (Å²) in [7, 11) is 4.02. The third kappa shape index (κ3) is 3.47. The van der Waals surface area contributed by atoms with Gasteiger partial charge in [0.25, 0.3) is 0 Å². The van der Waals surface area contributed by atoms with Gasteiger partial charge < -0.3 is 0 Å². The first-order chi connectivity index (χ1) is 9.53. The van der Waals surface area contributed by atoms with Gasteiger partial charge in [0.2, 0.25) is 0 Å². The van der Waals surface area contributed by atoms with Crippen LogP contribution in [0.2, 0.25) is 0 Å². The van der Waals surface area contributed by atoms with Gasteiger partial charge in [0.15, 0.2) is 0 Å². The third-order valence-corrected chi connectivity index (χ3v) is 3.79. The van der Waals surface area contributed by atoms with Crippen LogP contribution in [0.3, 0.4) is 0 Å². The molecule has 0 aliphatic heterocycles. The van der Waals surface area contributed by atoms with E-state index in [0.29, 0.717) is 0 Å². The lowest BCUT2D eigenvalue weighted by Crippen LogP contribution is -2.40. The Hall–Kier alpha value is -1.64. The first kappa shape index (κ1) is 14.8. The average molecular weight is 268 g/mol. The summed E-state index contributed by atoms with van der Waals surface area (Å²) in [4.78, 5) is 0. The van der Waals surface area contributed by atoms with Crippen molar-refractivity contribution in [1.82, 2.24) is 10.4 Å². The van der Waals surface area contributed by atoms with Crippen molar-refractivity contribution in [2.45, 2.75) is 19.3 Å². The van der Waals surface area contributed by atoms with Gasteiger partial charge in [-0.05, 0) is 23.7 Å². The van der Waals surface area contributed by atoms with Gasteiger partial charge in [0.05, 0.1) is 0 Å². The van der Waals surface area contributed by atoms with Crippen LogP contribution in [-0.4, -0.2) is 25.6 Å². The largest absolute Gasteiger partial charge is 0.259 e. The summed E-state index contributed by atoms with van der Waals surface area (Å²) in [5.74, 6) is 0. The minimum Gasteiger partial charge on any atom is -0.259 e. The van der Waals surface area contributed by atoms with E-state index >= 15 is 0 Å².